The predicted molar refractivity (Wildman–Crippen MR) is 46.2 cm³/mol. The third kappa shape index (κ3) is 2.43. The van der Waals surface area contributed by atoms with Gasteiger partial charge in [-0.25, -0.2) is 0 Å². The van der Waals surface area contributed by atoms with Crippen LogP contribution in [0.15, 0.2) is 24.3 Å². The molecule has 12 heavy (non-hydrogen) atoms. The number of hydroxylamine groups is 1. The first kappa shape index (κ1) is 11.9. The summed E-state index contributed by atoms with van der Waals surface area (Å²) in [6, 6.07) is 7.10. The monoisotopic (exact) mass is 229 g/mol. The van der Waals surface area contributed by atoms with Gasteiger partial charge >= 0.3 is 0 Å². The van der Waals surface area contributed by atoms with Crippen LogP contribution in [0.5, 0.6) is 5.75 Å². The molecule has 1 aliphatic heterocycles. The molecule has 0 saturated carbocycles. The predicted octanol–water partition coefficient (Wildman–Crippen LogP) is 0.981. The van der Waals surface area contributed by atoms with Gasteiger partial charge in [0.05, 0.1) is 0 Å². The van der Waals surface area contributed by atoms with Crippen LogP contribution in [0.2, 0.25) is 0 Å². The summed E-state index contributed by atoms with van der Waals surface area (Å²) >= 11 is 0. The topological polar surface area (TPSA) is 54.7 Å². The van der Waals surface area contributed by atoms with Crippen molar-refractivity contribution in [1.29, 1.82) is 0 Å². The number of nitrogens with one attached hydrogen (secondary N) is 1. The van der Waals surface area contributed by atoms with Crippen molar-refractivity contribution in [2.75, 3.05) is 0 Å². The van der Waals surface area contributed by atoms with Crippen molar-refractivity contribution in [1.82, 2.24) is 5.48 Å². The average Bonchev–Trinajstić information content (AvgIpc) is 2.71. The minimum atomic E-state index is -0.0961. The number of hydrogen-bond acceptors (Lipinski definition) is 3. The largest absolute Gasteiger partial charge is 0.508 e. The quantitative estimate of drug-likeness (QED) is 0.429. The summed E-state index contributed by atoms with van der Waals surface area (Å²) in [6.07, 6.45) is -0.0961. The molecule has 0 spiro atoms. The number of rotatable bonds is 1. The number of aromatic hydroxyl groups is 1. The minimum absolute atomic E-state index is 0. The molecule has 1 fully saturated rings. The normalized spacial score (nSPS) is 18.8. The van der Waals surface area contributed by atoms with Crippen LogP contribution in [-0.4, -0.2) is 5.11 Å². The molecule has 1 saturated heterocycles. The Morgan fingerprint density at radius 2 is 1.92 bits per heavy atom. The second-order valence-corrected chi connectivity index (χ2v) is 2.17. The molecule has 0 bridgehead atoms. The Morgan fingerprint density at radius 1 is 1.33 bits per heavy atom. The van der Waals surface area contributed by atoms with Crippen LogP contribution >= 0.6 is 9.90 Å². The van der Waals surface area contributed by atoms with E-state index in [1.807, 2.05) is 12.1 Å². The molecule has 0 radical (unpaired) electrons. The van der Waals surface area contributed by atoms with Crippen LogP contribution in [0.4, 0.5) is 0 Å². The Hall–Kier alpha value is -0.136. The van der Waals surface area contributed by atoms with Gasteiger partial charge in [0, 0.05) is 22.1 Å². The molecule has 1 aromatic rings. The fourth-order valence-electron chi connectivity index (χ4n) is 0.870. The van der Waals surface area contributed by atoms with E-state index in [1.165, 1.54) is 0 Å². The second-order valence-electron chi connectivity index (χ2n) is 2.17. The molecule has 1 aromatic carbocycles. The number of phenolic OH excluding ortho intramolecular Hbond substituents is 1. The Labute approximate surface area is 84.0 Å². The Bertz CT molecular complexity index is 255. The Morgan fingerprint density at radius 3 is 2.42 bits per heavy atom. The van der Waals surface area contributed by atoms with Gasteiger partial charge in [-0.2, -0.15) is 15.4 Å². The smallest absolute Gasteiger partial charge is 0.180 e. The van der Waals surface area contributed by atoms with Crippen molar-refractivity contribution >= 4 is 9.90 Å². The van der Waals surface area contributed by atoms with Gasteiger partial charge in [-0.3, -0.25) is 4.84 Å². The number of benzene rings is 1. The fourth-order valence-corrected chi connectivity index (χ4v) is 0.870. The van der Waals surface area contributed by atoms with Crippen molar-refractivity contribution < 1.29 is 26.4 Å². The third-order valence-electron chi connectivity index (χ3n) is 1.45. The molecule has 2 N–H and O–H groups in total. The summed E-state index contributed by atoms with van der Waals surface area (Å²) in [4.78, 5) is 4.77. The number of phenols is 1. The van der Waals surface area contributed by atoms with E-state index in [0.29, 0.717) is 0 Å². The van der Waals surface area contributed by atoms with Gasteiger partial charge in [0.2, 0.25) is 0 Å². The summed E-state index contributed by atoms with van der Waals surface area (Å²) < 4.78 is 0. The summed E-state index contributed by atoms with van der Waals surface area (Å²) in [5, 5.41) is 9.20. The number of para-hydroxylation sites is 1. The molecule has 1 aliphatic rings. The zero-order valence-electron chi connectivity index (χ0n) is 6.27. The molecular weight excluding hydrogens is 220 g/mol. The maximum atomic E-state index is 9.20. The molecular formula is C7H10NNiO2P. The van der Waals surface area contributed by atoms with Crippen molar-refractivity contribution in [2.45, 2.75) is 6.23 Å². The van der Waals surface area contributed by atoms with Gasteiger partial charge in [-0.1, -0.05) is 18.2 Å². The third-order valence-corrected chi connectivity index (χ3v) is 1.45. The second kappa shape index (κ2) is 4.78. The van der Waals surface area contributed by atoms with Crippen LogP contribution in [0, 0.1) is 0 Å². The maximum Gasteiger partial charge on any atom is 0.180 e. The van der Waals surface area contributed by atoms with Gasteiger partial charge in [0.1, 0.15) is 5.75 Å². The van der Waals surface area contributed by atoms with Crippen molar-refractivity contribution in [3.63, 3.8) is 0 Å². The molecule has 2 rings (SSSR count). The van der Waals surface area contributed by atoms with E-state index < -0.39 is 0 Å². The van der Waals surface area contributed by atoms with E-state index in [9.17, 15) is 5.11 Å². The summed E-state index contributed by atoms with van der Waals surface area (Å²) in [6.45, 7) is 0. The molecule has 0 amide bonds. The van der Waals surface area contributed by atoms with Crippen LogP contribution in [-0.2, 0) is 21.3 Å². The van der Waals surface area contributed by atoms with Gasteiger partial charge in [0.15, 0.2) is 6.23 Å². The summed E-state index contributed by atoms with van der Waals surface area (Å²) in [5.41, 5.74) is 3.43. The van der Waals surface area contributed by atoms with E-state index in [4.69, 9.17) is 4.84 Å². The van der Waals surface area contributed by atoms with E-state index in [0.717, 1.165) is 5.56 Å². The molecule has 70 valence electrons. The molecule has 1 heterocycles. The average molecular weight is 230 g/mol. The standard InChI is InChI=1S/C7H7NO2.Ni.H3P/c9-6-4-2-1-3-5(6)7-8-10-7;;/h1-4,7-9H;;1H3. The zero-order chi connectivity index (χ0) is 6.97. The zero-order valence-corrected chi connectivity index (χ0v) is 8.67. The molecule has 0 aliphatic carbocycles. The van der Waals surface area contributed by atoms with E-state index in [1.54, 1.807) is 12.1 Å². The first-order valence-corrected chi connectivity index (χ1v) is 3.07. The fraction of sp³-hybridized carbons (Fsp3) is 0.143. The van der Waals surface area contributed by atoms with Gasteiger partial charge in [0.25, 0.3) is 0 Å². The molecule has 0 aromatic heterocycles. The van der Waals surface area contributed by atoms with Crippen LogP contribution < -0.4 is 5.48 Å². The first-order valence-electron chi connectivity index (χ1n) is 3.07. The minimum Gasteiger partial charge on any atom is -0.508 e. The molecule has 3 nitrogen and oxygen atoms in total. The number of hydrogen-bond donors (Lipinski definition) is 2. The van der Waals surface area contributed by atoms with Crippen molar-refractivity contribution in [3.05, 3.63) is 29.8 Å². The van der Waals surface area contributed by atoms with Gasteiger partial charge in [-0.05, 0) is 6.07 Å². The van der Waals surface area contributed by atoms with Crippen LogP contribution in [0.3, 0.4) is 0 Å². The molecule has 5 heteroatoms. The Balaban J connectivity index is 0.000000605. The van der Waals surface area contributed by atoms with E-state index >= 15 is 0 Å². The SMILES string of the molecule is Oc1ccccc1C1NO1.P.[Ni]. The van der Waals surface area contributed by atoms with Gasteiger partial charge in [-0.15, -0.1) is 0 Å². The van der Waals surface area contributed by atoms with Crippen molar-refractivity contribution in [3.8, 4) is 5.75 Å². The molecule has 2 atom stereocenters. The van der Waals surface area contributed by atoms with Crippen LogP contribution in [0.25, 0.3) is 0 Å². The summed E-state index contributed by atoms with van der Waals surface area (Å²) in [5.74, 6) is 0.275. The summed E-state index contributed by atoms with van der Waals surface area (Å²) in [7, 11) is 0. The van der Waals surface area contributed by atoms with Gasteiger partial charge < -0.3 is 5.11 Å². The first-order chi connectivity index (χ1) is 4.88. The maximum absolute atomic E-state index is 9.20. The van der Waals surface area contributed by atoms with E-state index in [-0.39, 0.29) is 38.4 Å². The van der Waals surface area contributed by atoms with Crippen molar-refractivity contribution in [2.24, 2.45) is 0 Å². The van der Waals surface area contributed by atoms with E-state index in [2.05, 4.69) is 5.48 Å². The van der Waals surface area contributed by atoms with Crippen LogP contribution in [0.1, 0.15) is 11.8 Å². The molecule has 2 unspecified atom stereocenters. The Kier molecular flexibility index (Phi) is 4.73.